The predicted octanol–water partition coefficient (Wildman–Crippen LogP) is 1.55. The van der Waals surface area contributed by atoms with E-state index in [4.69, 9.17) is 5.26 Å². The smallest absolute Gasteiger partial charge is 0.236 e. The number of amides is 1. The fourth-order valence-electron chi connectivity index (χ4n) is 1.48. The number of nitrogens with zero attached hydrogens (tertiary/aromatic N) is 2. The number of rotatable bonds is 4. The Morgan fingerprint density at radius 3 is 2.77 bits per heavy atom. The molecule has 1 aliphatic carbocycles. The van der Waals surface area contributed by atoms with E-state index >= 15 is 0 Å². The summed E-state index contributed by atoms with van der Waals surface area (Å²) in [6, 6.07) is 1.87. The first-order valence-corrected chi connectivity index (χ1v) is 4.85. The van der Waals surface area contributed by atoms with Gasteiger partial charge >= 0.3 is 0 Å². The highest BCUT2D eigenvalue weighted by molar-refractivity contribution is 5.77. The lowest BCUT2D eigenvalue weighted by Gasteiger charge is -2.27. The van der Waals surface area contributed by atoms with E-state index < -0.39 is 0 Å². The first-order valence-electron chi connectivity index (χ1n) is 4.85. The van der Waals surface area contributed by atoms with Crippen LogP contribution in [0.2, 0.25) is 0 Å². The summed E-state index contributed by atoms with van der Waals surface area (Å²) in [7, 11) is 1.78. The van der Waals surface area contributed by atoms with Crippen LogP contribution >= 0.6 is 0 Å². The third-order valence-electron chi connectivity index (χ3n) is 2.75. The van der Waals surface area contributed by atoms with Crippen LogP contribution in [0.25, 0.3) is 0 Å². The maximum absolute atomic E-state index is 11.2. The SMILES string of the molecule is CN(CCC1CCC1)C(=O)CC#N. The number of hydrogen-bond donors (Lipinski definition) is 0. The van der Waals surface area contributed by atoms with Crippen molar-refractivity contribution in [3.8, 4) is 6.07 Å². The van der Waals surface area contributed by atoms with E-state index in [0.717, 1.165) is 18.9 Å². The van der Waals surface area contributed by atoms with Crippen LogP contribution in [0.1, 0.15) is 32.1 Å². The van der Waals surface area contributed by atoms with Gasteiger partial charge in [0, 0.05) is 13.6 Å². The molecule has 0 aliphatic heterocycles. The van der Waals surface area contributed by atoms with Crippen LogP contribution in [0.3, 0.4) is 0 Å². The quantitative estimate of drug-likeness (QED) is 0.658. The molecule has 0 aromatic heterocycles. The highest BCUT2D eigenvalue weighted by atomic mass is 16.2. The van der Waals surface area contributed by atoms with Crippen LogP contribution in [-0.4, -0.2) is 24.4 Å². The third kappa shape index (κ3) is 3.06. The molecule has 3 heteroatoms. The van der Waals surface area contributed by atoms with E-state index in [0.29, 0.717) is 0 Å². The third-order valence-corrected chi connectivity index (χ3v) is 2.75. The molecule has 0 heterocycles. The maximum Gasteiger partial charge on any atom is 0.236 e. The highest BCUT2D eigenvalue weighted by Gasteiger charge is 2.18. The van der Waals surface area contributed by atoms with Crippen molar-refractivity contribution in [1.29, 1.82) is 5.26 Å². The zero-order valence-corrected chi connectivity index (χ0v) is 8.12. The second-order valence-corrected chi connectivity index (χ2v) is 3.74. The largest absolute Gasteiger partial charge is 0.345 e. The molecule has 1 amide bonds. The van der Waals surface area contributed by atoms with Gasteiger partial charge in [-0.3, -0.25) is 4.79 Å². The van der Waals surface area contributed by atoms with Crippen LogP contribution in [0.15, 0.2) is 0 Å². The maximum atomic E-state index is 11.2. The molecule has 0 spiro atoms. The minimum Gasteiger partial charge on any atom is -0.345 e. The van der Waals surface area contributed by atoms with E-state index in [1.807, 2.05) is 6.07 Å². The molecule has 72 valence electrons. The Kier molecular flexibility index (Phi) is 3.75. The number of nitriles is 1. The van der Waals surface area contributed by atoms with Gasteiger partial charge in [0.1, 0.15) is 6.42 Å². The Labute approximate surface area is 79.3 Å². The summed E-state index contributed by atoms with van der Waals surface area (Å²) in [6.07, 6.45) is 5.11. The monoisotopic (exact) mass is 180 g/mol. The Morgan fingerprint density at radius 2 is 2.31 bits per heavy atom. The average Bonchev–Trinajstić information content (AvgIpc) is 2.01. The first kappa shape index (κ1) is 10.0. The van der Waals surface area contributed by atoms with Crippen LogP contribution < -0.4 is 0 Å². The van der Waals surface area contributed by atoms with E-state index in [9.17, 15) is 4.79 Å². The second-order valence-electron chi connectivity index (χ2n) is 3.74. The summed E-state index contributed by atoms with van der Waals surface area (Å²) in [5.41, 5.74) is 0. The van der Waals surface area contributed by atoms with Gasteiger partial charge in [-0.2, -0.15) is 5.26 Å². The van der Waals surface area contributed by atoms with Gasteiger partial charge in [-0.1, -0.05) is 19.3 Å². The Balaban J connectivity index is 2.12. The van der Waals surface area contributed by atoms with E-state index in [1.165, 1.54) is 19.3 Å². The zero-order chi connectivity index (χ0) is 9.68. The van der Waals surface area contributed by atoms with Crippen molar-refractivity contribution in [3.63, 3.8) is 0 Å². The minimum atomic E-state index is -0.0539. The van der Waals surface area contributed by atoms with Crippen molar-refractivity contribution in [2.75, 3.05) is 13.6 Å². The van der Waals surface area contributed by atoms with E-state index in [2.05, 4.69) is 0 Å². The van der Waals surface area contributed by atoms with Crippen LogP contribution in [0, 0.1) is 17.2 Å². The van der Waals surface area contributed by atoms with Crippen LogP contribution in [0.4, 0.5) is 0 Å². The molecule has 0 unspecified atom stereocenters. The lowest BCUT2D eigenvalue weighted by atomic mass is 9.83. The molecule has 0 N–H and O–H groups in total. The van der Waals surface area contributed by atoms with Crippen molar-refractivity contribution < 1.29 is 4.79 Å². The van der Waals surface area contributed by atoms with Crippen molar-refractivity contribution >= 4 is 5.91 Å². The van der Waals surface area contributed by atoms with Gasteiger partial charge in [-0.15, -0.1) is 0 Å². The van der Waals surface area contributed by atoms with Gasteiger partial charge in [0.2, 0.25) is 5.91 Å². The minimum absolute atomic E-state index is 0.0150. The van der Waals surface area contributed by atoms with Gasteiger partial charge in [0.15, 0.2) is 0 Å². The molecule has 1 rings (SSSR count). The van der Waals surface area contributed by atoms with Crippen molar-refractivity contribution in [2.24, 2.45) is 5.92 Å². The van der Waals surface area contributed by atoms with Gasteiger partial charge < -0.3 is 4.90 Å². The summed E-state index contributed by atoms with van der Waals surface area (Å²) in [5, 5.41) is 8.32. The fraction of sp³-hybridized carbons (Fsp3) is 0.800. The summed E-state index contributed by atoms with van der Waals surface area (Å²) in [6.45, 7) is 0.811. The molecule has 0 bridgehead atoms. The first-order chi connectivity index (χ1) is 6.24. The van der Waals surface area contributed by atoms with Crippen LogP contribution in [-0.2, 0) is 4.79 Å². The normalized spacial score (nSPS) is 16.0. The lowest BCUT2D eigenvalue weighted by molar-refractivity contribution is -0.129. The van der Waals surface area contributed by atoms with Crippen molar-refractivity contribution in [1.82, 2.24) is 4.90 Å². The molecule has 0 saturated heterocycles. The standard InChI is InChI=1S/C10H16N2O/c1-12(10(13)5-7-11)8-6-9-3-2-4-9/h9H,2-6,8H2,1H3. The Bertz CT molecular complexity index is 215. The second kappa shape index (κ2) is 4.86. The van der Waals surface area contributed by atoms with E-state index in [-0.39, 0.29) is 12.3 Å². The fourth-order valence-corrected chi connectivity index (χ4v) is 1.48. The van der Waals surface area contributed by atoms with Crippen molar-refractivity contribution in [2.45, 2.75) is 32.1 Å². The molecular formula is C10H16N2O. The van der Waals surface area contributed by atoms with Crippen LogP contribution in [0.5, 0.6) is 0 Å². The molecule has 1 fully saturated rings. The molecule has 0 aromatic carbocycles. The molecule has 0 aromatic rings. The summed E-state index contributed by atoms with van der Waals surface area (Å²) in [5.74, 6) is 0.777. The molecule has 0 radical (unpaired) electrons. The van der Waals surface area contributed by atoms with Gasteiger partial charge in [-0.05, 0) is 12.3 Å². The number of carbonyl (C=O) groups excluding carboxylic acids is 1. The molecule has 3 nitrogen and oxygen atoms in total. The topological polar surface area (TPSA) is 44.1 Å². The van der Waals surface area contributed by atoms with Gasteiger partial charge in [0.05, 0.1) is 6.07 Å². The number of hydrogen-bond acceptors (Lipinski definition) is 2. The summed E-state index contributed by atoms with van der Waals surface area (Å²) < 4.78 is 0. The molecule has 1 saturated carbocycles. The molecule has 0 atom stereocenters. The molecular weight excluding hydrogens is 164 g/mol. The zero-order valence-electron chi connectivity index (χ0n) is 8.12. The molecule has 1 aliphatic rings. The predicted molar refractivity (Wildman–Crippen MR) is 49.8 cm³/mol. The summed E-state index contributed by atoms with van der Waals surface area (Å²) in [4.78, 5) is 12.8. The Hall–Kier alpha value is -1.04. The summed E-state index contributed by atoms with van der Waals surface area (Å²) >= 11 is 0. The average molecular weight is 180 g/mol. The highest BCUT2D eigenvalue weighted by Crippen LogP contribution is 2.29. The molecule has 13 heavy (non-hydrogen) atoms. The lowest BCUT2D eigenvalue weighted by Crippen LogP contribution is -2.29. The van der Waals surface area contributed by atoms with Crippen molar-refractivity contribution in [3.05, 3.63) is 0 Å². The number of carbonyl (C=O) groups is 1. The van der Waals surface area contributed by atoms with Gasteiger partial charge in [-0.25, -0.2) is 0 Å². The van der Waals surface area contributed by atoms with E-state index in [1.54, 1.807) is 11.9 Å². The Morgan fingerprint density at radius 1 is 1.62 bits per heavy atom. The van der Waals surface area contributed by atoms with Gasteiger partial charge in [0.25, 0.3) is 0 Å².